The summed E-state index contributed by atoms with van der Waals surface area (Å²) < 4.78 is 0.127. The Bertz CT molecular complexity index is 167. The van der Waals surface area contributed by atoms with Crippen LogP contribution in [0.15, 0.2) is 0 Å². The third-order valence-electron chi connectivity index (χ3n) is 3.00. The molecule has 0 aromatic carbocycles. The largest absolute Gasteiger partial charge is 0.391 e. The zero-order valence-corrected chi connectivity index (χ0v) is 11.6. The normalized spacial score (nSPS) is 22.6. The van der Waals surface area contributed by atoms with Crippen molar-refractivity contribution in [1.29, 1.82) is 0 Å². The molecule has 1 atom stereocenters. The summed E-state index contributed by atoms with van der Waals surface area (Å²) in [5.74, 6) is 2.46. The highest BCUT2D eigenvalue weighted by Crippen LogP contribution is 2.48. The standard InChI is InChI=1S/C12H24OS2/c1-3-5-6-8-12(11(13)4-2)14-9-7-10-15-12/h11,13H,3-10H2,1-2H3. The van der Waals surface area contributed by atoms with Crippen molar-refractivity contribution in [3.8, 4) is 0 Å². The van der Waals surface area contributed by atoms with Gasteiger partial charge in [-0.05, 0) is 30.8 Å². The van der Waals surface area contributed by atoms with Crippen LogP contribution < -0.4 is 0 Å². The molecule has 0 aromatic rings. The Morgan fingerprint density at radius 3 is 2.40 bits per heavy atom. The van der Waals surface area contributed by atoms with Crippen molar-refractivity contribution < 1.29 is 5.11 Å². The van der Waals surface area contributed by atoms with Crippen LogP contribution >= 0.6 is 23.5 Å². The number of aliphatic hydroxyl groups excluding tert-OH is 1. The second-order valence-corrected chi connectivity index (χ2v) is 7.35. The van der Waals surface area contributed by atoms with Crippen molar-refractivity contribution in [2.45, 2.75) is 62.6 Å². The number of aliphatic hydroxyl groups is 1. The highest BCUT2D eigenvalue weighted by Gasteiger charge is 2.39. The molecule has 1 aliphatic heterocycles. The molecule has 1 aliphatic rings. The van der Waals surface area contributed by atoms with E-state index in [-0.39, 0.29) is 10.2 Å². The molecule has 0 spiro atoms. The van der Waals surface area contributed by atoms with Crippen molar-refractivity contribution in [3.05, 3.63) is 0 Å². The lowest BCUT2D eigenvalue weighted by atomic mass is 10.1. The quantitative estimate of drug-likeness (QED) is 0.720. The predicted molar refractivity (Wildman–Crippen MR) is 72.7 cm³/mol. The molecule has 3 heteroatoms. The summed E-state index contributed by atoms with van der Waals surface area (Å²) in [6.45, 7) is 4.34. The molecule has 1 heterocycles. The number of rotatable bonds is 6. The Morgan fingerprint density at radius 2 is 1.87 bits per heavy atom. The van der Waals surface area contributed by atoms with Crippen LogP contribution in [-0.2, 0) is 0 Å². The van der Waals surface area contributed by atoms with E-state index in [4.69, 9.17) is 0 Å². The van der Waals surface area contributed by atoms with E-state index in [9.17, 15) is 5.11 Å². The van der Waals surface area contributed by atoms with Crippen LogP contribution in [0.3, 0.4) is 0 Å². The van der Waals surface area contributed by atoms with E-state index in [1.807, 2.05) is 23.5 Å². The van der Waals surface area contributed by atoms with E-state index < -0.39 is 0 Å². The number of unbranched alkanes of at least 4 members (excludes halogenated alkanes) is 2. The lowest BCUT2D eigenvalue weighted by Crippen LogP contribution is -2.38. The fourth-order valence-corrected chi connectivity index (χ4v) is 5.61. The summed E-state index contributed by atoms with van der Waals surface area (Å²) >= 11 is 4.01. The molecule has 1 saturated heterocycles. The van der Waals surface area contributed by atoms with Gasteiger partial charge in [-0.1, -0.05) is 33.1 Å². The monoisotopic (exact) mass is 248 g/mol. The Kier molecular flexibility index (Phi) is 6.48. The van der Waals surface area contributed by atoms with E-state index in [0.717, 1.165) is 6.42 Å². The van der Waals surface area contributed by atoms with Gasteiger partial charge in [-0.15, -0.1) is 23.5 Å². The van der Waals surface area contributed by atoms with Gasteiger partial charge in [0.2, 0.25) is 0 Å². The summed E-state index contributed by atoms with van der Waals surface area (Å²) in [4.78, 5) is 0. The van der Waals surface area contributed by atoms with Crippen molar-refractivity contribution in [1.82, 2.24) is 0 Å². The van der Waals surface area contributed by atoms with E-state index in [1.54, 1.807) is 0 Å². The molecular formula is C12H24OS2. The van der Waals surface area contributed by atoms with E-state index in [1.165, 1.54) is 43.6 Å². The van der Waals surface area contributed by atoms with Gasteiger partial charge in [-0.25, -0.2) is 0 Å². The van der Waals surface area contributed by atoms with Gasteiger partial charge in [0.05, 0.1) is 10.2 Å². The molecule has 0 aromatic heterocycles. The SMILES string of the molecule is CCCCCC1(C(O)CC)SCCCS1. The van der Waals surface area contributed by atoms with E-state index in [2.05, 4.69) is 13.8 Å². The zero-order valence-electron chi connectivity index (χ0n) is 10.00. The van der Waals surface area contributed by atoms with Gasteiger partial charge in [0.25, 0.3) is 0 Å². The van der Waals surface area contributed by atoms with Gasteiger partial charge in [0.1, 0.15) is 0 Å². The summed E-state index contributed by atoms with van der Waals surface area (Å²) in [6.07, 6.45) is 7.11. The summed E-state index contributed by atoms with van der Waals surface area (Å²) in [5.41, 5.74) is 0. The van der Waals surface area contributed by atoms with Crippen molar-refractivity contribution in [2.75, 3.05) is 11.5 Å². The number of hydrogen-bond donors (Lipinski definition) is 1. The number of hydrogen-bond acceptors (Lipinski definition) is 3. The van der Waals surface area contributed by atoms with E-state index >= 15 is 0 Å². The lowest BCUT2D eigenvalue weighted by molar-refractivity contribution is 0.151. The third-order valence-corrected chi connectivity index (χ3v) is 6.63. The molecule has 0 aliphatic carbocycles. The van der Waals surface area contributed by atoms with Crippen molar-refractivity contribution in [2.24, 2.45) is 0 Å². The third kappa shape index (κ3) is 3.86. The first-order chi connectivity index (χ1) is 7.25. The average Bonchev–Trinajstić information content (AvgIpc) is 2.29. The molecule has 0 amide bonds. The van der Waals surface area contributed by atoms with E-state index in [0.29, 0.717) is 0 Å². The molecule has 1 fully saturated rings. The molecule has 0 saturated carbocycles. The second-order valence-electron chi connectivity index (χ2n) is 4.24. The minimum absolute atomic E-state index is 0.121. The Labute approximate surface area is 103 Å². The van der Waals surface area contributed by atoms with Gasteiger partial charge < -0.3 is 5.11 Å². The van der Waals surface area contributed by atoms with Gasteiger partial charge in [-0.2, -0.15) is 0 Å². The van der Waals surface area contributed by atoms with Gasteiger partial charge >= 0.3 is 0 Å². The second kappa shape index (κ2) is 7.08. The van der Waals surface area contributed by atoms with Crippen LogP contribution in [0.5, 0.6) is 0 Å². The molecule has 0 bridgehead atoms. The first kappa shape index (κ1) is 13.7. The van der Waals surface area contributed by atoms with Crippen molar-refractivity contribution in [3.63, 3.8) is 0 Å². The summed E-state index contributed by atoms with van der Waals surface area (Å²) in [6, 6.07) is 0. The topological polar surface area (TPSA) is 20.2 Å². The molecule has 15 heavy (non-hydrogen) atoms. The summed E-state index contributed by atoms with van der Waals surface area (Å²) in [5, 5.41) is 10.2. The van der Waals surface area contributed by atoms with Crippen LogP contribution in [0, 0.1) is 0 Å². The molecule has 1 rings (SSSR count). The first-order valence-electron chi connectivity index (χ1n) is 6.21. The Balaban J connectivity index is 2.50. The fourth-order valence-electron chi connectivity index (χ4n) is 2.03. The maximum Gasteiger partial charge on any atom is 0.0868 e. The molecular weight excluding hydrogens is 224 g/mol. The molecule has 1 unspecified atom stereocenters. The number of thioether (sulfide) groups is 2. The smallest absolute Gasteiger partial charge is 0.0868 e. The molecule has 0 radical (unpaired) electrons. The fraction of sp³-hybridized carbons (Fsp3) is 1.00. The highest BCUT2D eigenvalue weighted by atomic mass is 32.2. The van der Waals surface area contributed by atoms with Crippen LogP contribution in [0.25, 0.3) is 0 Å². The Morgan fingerprint density at radius 1 is 1.20 bits per heavy atom. The van der Waals surface area contributed by atoms with Crippen LogP contribution in [-0.4, -0.2) is 26.8 Å². The molecule has 1 N–H and O–H groups in total. The minimum Gasteiger partial charge on any atom is -0.391 e. The highest BCUT2D eigenvalue weighted by molar-refractivity contribution is 8.18. The average molecular weight is 248 g/mol. The maximum atomic E-state index is 10.2. The maximum absolute atomic E-state index is 10.2. The predicted octanol–water partition coefficient (Wildman–Crippen LogP) is 3.90. The van der Waals surface area contributed by atoms with Crippen LogP contribution in [0.1, 0.15) is 52.4 Å². The Hall–Kier alpha value is 0.660. The summed E-state index contributed by atoms with van der Waals surface area (Å²) in [7, 11) is 0. The van der Waals surface area contributed by atoms with Crippen molar-refractivity contribution >= 4 is 23.5 Å². The minimum atomic E-state index is -0.121. The first-order valence-corrected chi connectivity index (χ1v) is 8.18. The van der Waals surface area contributed by atoms with Crippen LogP contribution in [0.4, 0.5) is 0 Å². The molecule has 90 valence electrons. The zero-order chi connectivity index (χ0) is 11.1. The van der Waals surface area contributed by atoms with Gasteiger partial charge in [0, 0.05) is 0 Å². The van der Waals surface area contributed by atoms with Gasteiger partial charge in [0.15, 0.2) is 0 Å². The molecule has 1 nitrogen and oxygen atoms in total. The van der Waals surface area contributed by atoms with Crippen LogP contribution in [0.2, 0.25) is 0 Å². The van der Waals surface area contributed by atoms with Gasteiger partial charge in [-0.3, -0.25) is 0 Å². The lowest BCUT2D eigenvalue weighted by Gasteiger charge is -2.39.